The van der Waals surface area contributed by atoms with E-state index in [2.05, 4.69) is 15.3 Å². The zero-order valence-corrected chi connectivity index (χ0v) is 15.3. The lowest BCUT2D eigenvalue weighted by atomic mass is 9.96. The topological polar surface area (TPSA) is 81.3 Å². The zero-order valence-electron chi connectivity index (χ0n) is 15.3. The lowest BCUT2D eigenvalue weighted by Crippen LogP contribution is -2.42. The number of aromatic nitrogens is 2. The number of amides is 3. The van der Waals surface area contributed by atoms with Crippen LogP contribution in [0, 0.1) is 0 Å². The SMILES string of the molecule is CN(C)C(=O)N1CCc2c(cncc2C(=O)Nc2ccc3[nH]ccc3c2)C1. The average Bonchev–Trinajstić information content (AvgIpc) is 3.14. The summed E-state index contributed by atoms with van der Waals surface area (Å²) in [5.74, 6) is -0.179. The number of carbonyl (C=O) groups is 2. The van der Waals surface area contributed by atoms with Gasteiger partial charge >= 0.3 is 6.03 Å². The molecular formula is C20H21N5O2. The highest BCUT2D eigenvalue weighted by atomic mass is 16.2. The lowest BCUT2D eigenvalue weighted by molar-refractivity contribution is 0.102. The van der Waals surface area contributed by atoms with Crippen LogP contribution in [-0.2, 0) is 13.0 Å². The molecule has 7 heteroatoms. The summed E-state index contributed by atoms with van der Waals surface area (Å²) in [5.41, 5.74) is 4.22. The minimum absolute atomic E-state index is 0.0321. The number of carbonyl (C=O) groups excluding carboxylic acids is 2. The minimum Gasteiger partial charge on any atom is -0.361 e. The van der Waals surface area contributed by atoms with Crippen LogP contribution in [0.2, 0.25) is 0 Å². The molecule has 3 heterocycles. The number of hydrogen-bond acceptors (Lipinski definition) is 3. The van der Waals surface area contributed by atoms with Crippen molar-refractivity contribution >= 4 is 28.5 Å². The van der Waals surface area contributed by atoms with Crippen molar-refractivity contribution in [3.8, 4) is 0 Å². The van der Waals surface area contributed by atoms with Gasteiger partial charge in [-0.05, 0) is 41.8 Å². The number of H-pyrrole nitrogens is 1. The van der Waals surface area contributed by atoms with Gasteiger partial charge in [0.15, 0.2) is 0 Å². The van der Waals surface area contributed by atoms with Crippen molar-refractivity contribution in [2.75, 3.05) is 26.0 Å². The number of anilines is 1. The fourth-order valence-electron chi connectivity index (χ4n) is 3.46. The molecule has 2 N–H and O–H groups in total. The number of urea groups is 1. The largest absolute Gasteiger partial charge is 0.361 e. The number of aromatic amines is 1. The summed E-state index contributed by atoms with van der Waals surface area (Å²) in [7, 11) is 3.47. The van der Waals surface area contributed by atoms with Crippen LogP contribution in [0.4, 0.5) is 10.5 Å². The maximum atomic E-state index is 12.8. The van der Waals surface area contributed by atoms with Crippen LogP contribution in [0.1, 0.15) is 21.5 Å². The Kier molecular flexibility index (Phi) is 4.27. The van der Waals surface area contributed by atoms with Gasteiger partial charge in [-0.3, -0.25) is 9.78 Å². The van der Waals surface area contributed by atoms with E-state index < -0.39 is 0 Å². The molecule has 1 aliphatic heterocycles. The molecule has 0 atom stereocenters. The summed E-state index contributed by atoms with van der Waals surface area (Å²) < 4.78 is 0. The van der Waals surface area contributed by atoms with Crippen LogP contribution >= 0.6 is 0 Å². The molecule has 0 bridgehead atoms. The van der Waals surface area contributed by atoms with E-state index in [4.69, 9.17) is 0 Å². The van der Waals surface area contributed by atoms with Crippen molar-refractivity contribution in [1.82, 2.24) is 19.8 Å². The molecule has 1 aromatic carbocycles. The lowest BCUT2D eigenvalue weighted by Gasteiger charge is -2.31. The number of benzene rings is 1. The van der Waals surface area contributed by atoms with E-state index in [-0.39, 0.29) is 11.9 Å². The number of nitrogens with zero attached hydrogens (tertiary/aromatic N) is 3. The molecule has 1 aliphatic rings. The van der Waals surface area contributed by atoms with Gasteiger partial charge in [0.05, 0.1) is 5.56 Å². The molecule has 3 amide bonds. The van der Waals surface area contributed by atoms with E-state index in [0.29, 0.717) is 25.1 Å². The fourth-order valence-corrected chi connectivity index (χ4v) is 3.46. The molecule has 0 unspecified atom stereocenters. The van der Waals surface area contributed by atoms with Crippen molar-refractivity contribution in [1.29, 1.82) is 0 Å². The van der Waals surface area contributed by atoms with Crippen molar-refractivity contribution < 1.29 is 9.59 Å². The van der Waals surface area contributed by atoms with Crippen LogP contribution in [0.25, 0.3) is 10.9 Å². The first kappa shape index (κ1) is 17.1. The third-order valence-corrected chi connectivity index (χ3v) is 4.85. The molecule has 0 saturated carbocycles. The first-order valence-electron chi connectivity index (χ1n) is 8.83. The van der Waals surface area contributed by atoms with Gasteiger partial charge in [-0.25, -0.2) is 4.79 Å². The van der Waals surface area contributed by atoms with Crippen LogP contribution in [0.5, 0.6) is 0 Å². The molecule has 0 fully saturated rings. The van der Waals surface area contributed by atoms with Gasteiger partial charge in [0.1, 0.15) is 0 Å². The highest BCUT2D eigenvalue weighted by molar-refractivity contribution is 6.06. The molecule has 0 spiro atoms. The summed E-state index contributed by atoms with van der Waals surface area (Å²) in [6.45, 7) is 1.05. The number of fused-ring (bicyclic) bond motifs is 2. The molecule has 3 aromatic rings. The number of pyridine rings is 1. The molecule has 7 nitrogen and oxygen atoms in total. The molecule has 4 rings (SSSR count). The van der Waals surface area contributed by atoms with Gasteiger partial charge < -0.3 is 20.1 Å². The van der Waals surface area contributed by atoms with Gasteiger partial charge in [-0.15, -0.1) is 0 Å². The predicted molar refractivity (Wildman–Crippen MR) is 104 cm³/mol. The van der Waals surface area contributed by atoms with Gasteiger partial charge in [-0.2, -0.15) is 0 Å². The van der Waals surface area contributed by atoms with Crippen LogP contribution in [-0.4, -0.2) is 52.3 Å². The maximum absolute atomic E-state index is 12.8. The van der Waals surface area contributed by atoms with Crippen molar-refractivity contribution in [3.05, 3.63) is 59.5 Å². The summed E-state index contributed by atoms with van der Waals surface area (Å²) in [4.78, 5) is 35.7. The fraction of sp³-hybridized carbons (Fsp3) is 0.250. The van der Waals surface area contributed by atoms with Gasteiger partial charge in [0.2, 0.25) is 0 Å². The molecule has 0 radical (unpaired) electrons. The highest BCUT2D eigenvalue weighted by Crippen LogP contribution is 2.24. The van der Waals surface area contributed by atoms with E-state index in [1.54, 1.807) is 36.3 Å². The Morgan fingerprint density at radius 1 is 1.22 bits per heavy atom. The Hall–Kier alpha value is -3.35. The smallest absolute Gasteiger partial charge is 0.319 e. The molecule has 138 valence electrons. The first-order valence-corrected chi connectivity index (χ1v) is 8.83. The van der Waals surface area contributed by atoms with Gasteiger partial charge in [0, 0.05) is 62.4 Å². The van der Waals surface area contributed by atoms with Crippen molar-refractivity contribution in [2.24, 2.45) is 0 Å². The maximum Gasteiger partial charge on any atom is 0.319 e. The molecule has 0 aliphatic carbocycles. The number of nitrogens with one attached hydrogen (secondary N) is 2. The Balaban J connectivity index is 1.57. The zero-order chi connectivity index (χ0) is 19.0. The monoisotopic (exact) mass is 363 g/mol. The highest BCUT2D eigenvalue weighted by Gasteiger charge is 2.25. The molecule has 0 saturated heterocycles. The second-order valence-corrected chi connectivity index (χ2v) is 6.91. The van der Waals surface area contributed by atoms with Crippen molar-refractivity contribution in [2.45, 2.75) is 13.0 Å². The molecule has 27 heavy (non-hydrogen) atoms. The standard InChI is InChI=1S/C20H21N5O2/c1-24(2)20(27)25-8-6-16-14(12-25)10-21-11-17(16)19(26)23-15-3-4-18-13(9-15)5-7-22-18/h3-5,7,9-11,22H,6,8,12H2,1-2H3,(H,23,26). The van der Waals surface area contributed by atoms with Crippen LogP contribution < -0.4 is 5.32 Å². The Bertz CT molecular complexity index is 1020. The van der Waals surface area contributed by atoms with E-state index in [1.807, 2.05) is 30.5 Å². The third kappa shape index (κ3) is 3.23. The Morgan fingerprint density at radius 3 is 2.89 bits per heavy atom. The Labute approximate surface area is 157 Å². The van der Waals surface area contributed by atoms with E-state index >= 15 is 0 Å². The third-order valence-electron chi connectivity index (χ3n) is 4.85. The number of rotatable bonds is 2. The normalized spacial score (nSPS) is 13.3. The summed E-state index contributed by atoms with van der Waals surface area (Å²) in [5, 5.41) is 4.00. The Morgan fingerprint density at radius 2 is 2.07 bits per heavy atom. The number of hydrogen-bond donors (Lipinski definition) is 2. The van der Waals surface area contributed by atoms with Crippen LogP contribution in [0.15, 0.2) is 42.9 Å². The minimum atomic E-state index is -0.179. The quantitative estimate of drug-likeness (QED) is 0.735. The van der Waals surface area contributed by atoms with Gasteiger partial charge in [0.25, 0.3) is 5.91 Å². The summed E-state index contributed by atoms with van der Waals surface area (Å²) >= 11 is 0. The molecular weight excluding hydrogens is 342 g/mol. The first-order chi connectivity index (χ1) is 13.0. The summed E-state index contributed by atoms with van der Waals surface area (Å²) in [6.07, 6.45) is 5.85. The second kappa shape index (κ2) is 6.75. The predicted octanol–water partition coefficient (Wildman–Crippen LogP) is 2.85. The molecule has 2 aromatic heterocycles. The van der Waals surface area contributed by atoms with Crippen molar-refractivity contribution in [3.63, 3.8) is 0 Å². The summed E-state index contributed by atoms with van der Waals surface area (Å²) in [6, 6.07) is 7.68. The van der Waals surface area contributed by atoms with Crippen LogP contribution in [0.3, 0.4) is 0 Å². The second-order valence-electron chi connectivity index (χ2n) is 6.91. The average molecular weight is 363 g/mol. The van der Waals surface area contributed by atoms with E-state index in [0.717, 1.165) is 27.7 Å². The van der Waals surface area contributed by atoms with Gasteiger partial charge in [-0.1, -0.05) is 0 Å². The van der Waals surface area contributed by atoms with E-state index in [9.17, 15) is 9.59 Å². The van der Waals surface area contributed by atoms with E-state index in [1.165, 1.54) is 0 Å².